The number of rotatable bonds is 9. The molecule has 1 aromatic rings. The Morgan fingerprint density at radius 3 is 2.33 bits per heavy atom. The molecule has 4 fully saturated rings. The number of benzene rings is 1. The Balaban J connectivity index is 1.41. The largest absolute Gasteiger partial charge is 0.396 e. The number of aliphatic hydroxyl groups is 3. The lowest BCUT2D eigenvalue weighted by atomic mass is 9.42. The zero-order valence-electron chi connectivity index (χ0n) is 22.5. The molecule has 5 rings (SSSR count). The van der Waals surface area contributed by atoms with Gasteiger partial charge in [-0.25, -0.2) is 0 Å². The van der Waals surface area contributed by atoms with Gasteiger partial charge in [0.1, 0.15) is 5.60 Å². The summed E-state index contributed by atoms with van der Waals surface area (Å²) in [7, 11) is 0. The average molecular weight is 501 g/mol. The summed E-state index contributed by atoms with van der Waals surface area (Å²) in [6.07, 6.45) is 11.0. The van der Waals surface area contributed by atoms with Crippen molar-refractivity contribution in [2.24, 2.45) is 28.6 Å². The first kappa shape index (κ1) is 26.6. The van der Waals surface area contributed by atoms with Crippen LogP contribution < -0.4 is 0 Å². The van der Waals surface area contributed by atoms with E-state index in [4.69, 9.17) is 14.6 Å². The van der Waals surface area contributed by atoms with Crippen LogP contribution in [-0.4, -0.2) is 53.5 Å². The summed E-state index contributed by atoms with van der Waals surface area (Å²) in [6.45, 7) is 6.32. The minimum Gasteiger partial charge on any atom is -0.396 e. The fourth-order valence-electron chi connectivity index (χ4n) is 9.45. The van der Waals surface area contributed by atoms with Crippen LogP contribution in [0.15, 0.2) is 30.3 Å². The van der Waals surface area contributed by atoms with Gasteiger partial charge < -0.3 is 24.8 Å². The first-order chi connectivity index (χ1) is 17.3. The first-order valence-electron chi connectivity index (χ1n) is 14.6. The molecule has 0 aromatic heterocycles. The second kappa shape index (κ2) is 10.3. The Hall–Kier alpha value is -0.980. The average Bonchev–Trinajstić information content (AvgIpc) is 3.13. The molecular weight excluding hydrogens is 452 g/mol. The number of fused-ring (bicyclic) bond motifs is 5. The third kappa shape index (κ3) is 4.00. The molecule has 4 aliphatic carbocycles. The predicted molar refractivity (Wildman–Crippen MR) is 140 cm³/mol. The Morgan fingerprint density at radius 2 is 1.58 bits per heavy atom. The van der Waals surface area contributed by atoms with Gasteiger partial charge in [0.2, 0.25) is 0 Å². The van der Waals surface area contributed by atoms with E-state index >= 15 is 0 Å². The summed E-state index contributed by atoms with van der Waals surface area (Å²) in [6, 6.07) is 10.6. The maximum atomic E-state index is 12.7. The highest BCUT2D eigenvalue weighted by Crippen LogP contribution is 2.72. The quantitative estimate of drug-likeness (QED) is 0.406. The number of hydrogen-bond donors (Lipinski definition) is 3. The van der Waals surface area contributed by atoms with Crippen molar-refractivity contribution in [2.75, 3.05) is 26.4 Å². The van der Waals surface area contributed by atoms with Crippen LogP contribution in [0.25, 0.3) is 0 Å². The number of hydrogen-bond acceptors (Lipinski definition) is 5. The van der Waals surface area contributed by atoms with E-state index in [1.807, 2.05) is 0 Å². The smallest absolute Gasteiger partial charge is 0.101 e. The summed E-state index contributed by atoms with van der Waals surface area (Å²) in [5.74, 6) is 1.49. The maximum absolute atomic E-state index is 12.7. The van der Waals surface area contributed by atoms with Crippen molar-refractivity contribution in [3.05, 3.63) is 35.9 Å². The monoisotopic (exact) mass is 500 g/mol. The number of aliphatic hydroxyl groups excluding tert-OH is 2. The van der Waals surface area contributed by atoms with Gasteiger partial charge >= 0.3 is 0 Å². The Bertz CT molecular complexity index is 877. The van der Waals surface area contributed by atoms with E-state index in [2.05, 4.69) is 44.2 Å². The fourth-order valence-corrected chi connectivity index (χ4v) is 9.45. The van der Waals surface area contributed by atoms with E-state index in [1.165, 1.54) is 18.4 Å². The third-order valence-corrected chi connectivity index (χ3v) is 11.5. The predicted octanol–water partition coefficient (Wildman–Crippen LogP) is 5.21. The van der Waals surface area contributed by atoms with E-state index in [9.17, 15) is 10.2 Å². The molecule has 36 heavy (non-hydrogen) atoms. The van der Waals surface area contributed by atoms with E-state index in [0.29, 0.717) is 43.5 Å². The molecule has 3 unspecified atom stereocenters. The van der Waals surface area contributed by atoms with Crippen LogP contribution in [0.5, 0.6) is 0 Å². The van der Waals surface area contributed by atoms with Crippen molar-refractivity contribution in [1.82, 2.24) is 0 Å². The molecule has 0 heterocycles. The summed E-state index contributed by atoms with van der Waals surface area (Å²) in [5, 5.41) is 31.3. The van der Waals surface area contributed by atoms with Crippen LogP contribution in [0.2, 0.25) is 0 Å². The Morgan fingerprint density at radius 1 is 0.833 bits per heavy atom. The van der Waals surface area contributed by atoms with Crippen LogP contribution in [0, 0.1) is 28.6 Å². The summed E-state index contributed by atoms with van der Waals surface area (Å²) in [5.41, 5.74) is -0.175. The second-order valence-corrected chi connectivity index (χ2v) is 12.8. The third-order valence-electron chi connectivity index (χ3n) is 11.5. The van der Waals surface area contributed by atoms with Crippen molar-refractivity contribution < 1.29 is 24.8 Å². The van der Waals surface area contributed by atoms with Crippen molar-refractivity contribution >= 4 is 0 Å². The zero-order chi connectivity index (χ0) is 25.4. The molecule has 0 saturated heterocycles. The minimum absolute atomic E-state index is 0.126. The first-order valence-corrected chi connectivity index (χ1v) is 14.6. The van der Waals surface area contributed by atoms with Crippen molar-refractivity contribution in [2.45, 2.75) is 102 Å². The molecule has 0 aliphatic heterocycles. The molecule has 0 radical (unpaired) electrons. The number of ether oxygens (including phenoxy) is 2. The van der Waals surface area contributed by atoms with Gasteiger partial charge in [0.05, 0.1) is 11.7 Å². The summed E-state index contributed by atoms with van der Waals surface area (Å²) >= 11 is 0. The maximum Gasteiger partial charge on any atom is 0.101 e. The molecule has 3 N–H and O–H groups in total. The SMILES string of the molecule is C[C@]12CCC(OCCCO)CC1CC[C@@H]1[C@H]2CC[C@]2(C)C(OCCCO)(c3ccccc3)CC[C@@]12O. The fraction of sp³-hybridized carbons (Fsp3) is 0.806. The van der Waals surface area contributed by atoms with Crippen molar-refractivity contribution in [3.63, 3.8) is 0 Å². The van der Waals surface area contributed by atoms with Crippen LogP contribution in [0.4, 0.5) is 0 Å². The molecule has 8 atom stereocenters. The van der Waals surface area contributed by atoms with Gasteiger partial charge in [0.15, 0.2) is 0 Å². The van der Waals surface area contributed by atoms with Crippen LogP contribution in [0.1, 0.15) is 90.0 Å². The molecule has 0 bridgehead atoms. The highest BCUT2D eigenvalue weighted by molar-refractivity contribution is 5.33. The molecule has 5 nitrogen and oxygen atoms in total. The van der Waals surface area contributed by atoms with Gasteiger partial charge in [-0.1, -0.05) is 44.2 Å². The molecular formula is C31H48O5. The zero-order valence-corrected chi connectivity index (χ0v) is 22.5. The normalized spacial score (nSPS) is 44.0. The van der Waals surface area contributed by atoms with E-state index in [-0.39, 0.29) is 24.0 Å². The van der Waals surface area contributed by atoms with Gasteiger partial charge in [-0.05, 0) is 99.4 Å². The molecule has 4 aliphatic rings. The highest BCUT2D eigenvalue weighted by atomic mass is 16.5. The van der Waals surface area contributed by atoms with Gasteiger partial charge in [0, 0.05) is 31.8 Å². The van der Waals surface area contributed by atoms with Gasteiger partial charge in [0.25, 0.3) is 0 Å². The van der Waals surface area contributed by atoms with E-state index in [0.717, 1.165) is 51.4 Å². The molecule has 4 saturated carbocycles. The lowest BCUT2D eigenvalue weighted by molar-refractivity contribution is -0.249. The second-order valence-electron chi connectivity index (χ2n) is 12.8. The highest BCUT2D eigenvalue weighted by Gasteiger charge is 2.72. The van der Waals surface area contributed by atoms with E-state index in [1.54, 1.807) is 0 Å². The van der Waals surface area contributed by atoms with Crippen molar-refractivity contribution in [3.8, 4) is 0 Å². The van der Waals surface area contributed by atoms with Crippen LogP contribution in [-0.2, 0) is 15.1 Å². The van der Waals surface area contributed by atoms with Gasteiger partial charge in [-0.3, -0.25) is 0 Å². The summed E-state index contributed by atoms with van der Waals surface area (Å²) in [4.78, 5) is 0. The van der Waals surface area contributed by atoms with E-state index < -0.39 is 11.2 Å². The molecule has 5 heteroatoms. The summed E-state index contributed by atoms with van der Waals surface area (Å²) < 4.78 is 12.9. The molecule has 0 spiro atoms. The Kier molecular flexibility index (Phi) is 7.61. The minimum atomic E-state index is -0.743. The van der Waals surface area contributed by atoms with Crippen LogP contribution in [0.3, 0.4) is 0 Å². The topological polar surface area (TPSA) is 79.2 Å². The molecule has 1 aromatic carbocycles. The lowest BCUT2D eigenvalue weighted by Crippen LogP contribution is -2.65. The van der Waals surface area contributed by atoms with Gasteiger partial charge in [-0.2, -0.15) is 0 Å². The van der Waals surface area contributed by atoms with Crippen molar-refractivity contribution in [1.29, 1.82) is 0 Å². The standard InChI is InChI=1S/C31H48O5/c1-28-14-12-25(35-20-6-18-32)22-24(28)10-11-27-26(28)13-15-29(2)30(27,34)16-17-31(29,36-21-7-19-33)23-8-4-3-5-9-23/h3-5,8-9,24-27,32-34H,6-7,10-22H2,1-2H3/t24?,25?,26-,27-,28+,29+,30-,31?/m1/s1. The van der Waals surface area contributed by atoms with Gasteiger partial charge in [-0.15, -0.1) is 0 Å². The lowest BCUT2D eigenvalue weighted by Gasteiger charge is -2.65. The van der Waals surface area contributed by atoms with Crippen LogP contribution >= 0.6 is 0 Å². The molecule has 202 valence electrons. The Labute approximate surface area is 217 Å². The molecule has 0 amide bonds.